The van der Waals surface area contributed by atoms with Gasteiger partial charge in [-0.1, -0.05) is 13.3 Å². The number of rotatable bonds is 5. The van der Waals surface area contributed by atoms with Crippen molar-refractivity contribution >= 4 is 5.97 Å². The summed E-state index contributed by atoms with van der Waals surface area (Å²) in [6.07, 6.45) is 4.96. The average Bonchev–Trinajstić information content (AvgIpc) is 2.22. The number of carbonyl (C=O) groups is 1. The number of hydrogen-bond acceptors (Lipinski definition) is 4. The minimum absolute atomic E-state index is 0.166. The number of ether oxygens (including phenoxy) is 3. The molecule has 1 heterocycles. The molecule has 0 aliphatic carbocycles. The van der Waals surface area contributed by atoms with Crippen LogP contribution in [0.3, 0.4) is 0 Å². The van der Waals surface area contributed by atoms with E-state index in [1.165, 1.54) is 6.92 Å². The van der Waals surface area contributed by atoms with Crippen LogP contribution >= 0.6 is 0 Å². The molecule has 0 bridgehead atoms. The molecule has 0 aromatic carbocycles. The molecule has 0 fully saturated rings. The molecule has 0 saturated heterocycles. The van der Waals surface area contributed by atoms with E-state index in [1.807, 2.05) is 13.0 Å². The van der Waals surface area contributed by atoms with Crippen LogP contribution in [0.15, 0.2) is 12.2 Å². The summed E-state index contributed by atoms with van der Waals surface area (Å²) in [5, 5.41) is 0. The molecule has 0 N–H and O–H groups in total. The van der Waals surface area contributed by atoms with Crippen LogP contribution in [0, 0.1) is 0 Å². The molecule has 1 aliphatic heterocycles. The normalized spacial score (nSPS) is 29.1. The van der Waals surface area contributed by atoms with Gasteiger partial charge in [-0.3, -0.25) is 4.79 Å². The first-order valence-corrected chi connectivity index (χ1v) is 5.76. The van der Waals surface area contributed by atoms with Crippen LogP contribution < -0.4 is 0 Å². The van der Waals surface area contributed by atoms with Crippen molar-refractivity contribution in [2.45, 2.75) is 52.1 Å². The van der Waals surface area contributed by atoms with Crippen LogP contribution in [-0.2, 0) is 19.0 Å². The fraction of sp³-hybridized carbons (Fsp3) is 0.750. The van der Waals surface area contributed by atoms with Gasteiger partial charge in [-0.2, -0.15) is 0 Å². The topological polar surface area (TPSA) is 44.8 Å². The molecule has 92 valence electrons. The number of esters is 1. The first-order chi connectivity index (χ1) is 7.63. The highest BCUT2D eigenvalue weighted by Gasteiger charge is 2.25. The summed E-state index contributed by atoms with van der Waals surface area (Å²) in [4.78, 5) is 10.8. The van der Waals surface area contributed by atoms with Gasteiger partial charge < -0.3 is 14.2 Å². The van der Waals surface area contributed by atoms with Gasteiger partial charge in [0.2, 0.25) is 0 Å². The molecule has 0 amide bonds. The lowest BCUT2D eigenvalue weighted by molar-refractivity contribution is -0.181. The van der Waals surface area contributed by atoms with Gasteiger partial charge >= 0.3 is 5.97 Å². The summed E-state index contributed by atoms with van der Waals surface area (Å²) in [5.41, 5.74) is 0. The summed E-state index contributed by atoms with van der Waals surface area (Å²) in [5.74, 6) is -0.296. The van der Waals surface area contributed by atoms with E-state index in [2.05, 4.69) is 6.92 Å². The molecule has 4 nitrogen and oxygen atoms in total. The number of hydrogen-bond donors (Lipinski definition) is 0. The summed E-state index contributed by atoms with van der Waals surface area (Å²) < 4.78 is 16.1. The van der Waals surface area contributed by atoms with Crippen LogP contribution in [0.5, 0.6) is 0 Å². The third-order valence-electron chi connectivity index (χ3n) is 2.35. The molecule has 0 radical (unpaired) electrons. The fourth-order valence-corrected chi connectivity index (χ4v) is 1.46. The standard InChI is InChI=1S/C12H20O4/c1-4-5-8-14-12-7-6-11(9(2)15-12)16-10(3)13/h6-7,9,11-12H,4-5,8H2,1-3H3/t9-,11+,12-/m0/s1. The molecule has 16 heavy (non-hydrogen) atoms. The van der Waals surface area contributed by atoms with Crippen molar-refractivity contribution in [1.29, 1.82) is 0 Å². The van der Waals surface area contributed by atoms with Crippen molar-refractivity contribution in [1.82, 2.24) is 0 Å². The molecule has 1 aliphatic rings. The summed E-state index contributed by atoms with van der Waals surface area (Å²) in [6.45, 7) is 6.06. The van der Waals surface area contributed by atoms with E-state index < -0.39 is 0 Å². The van der Waals surface area contributed by atoms with E-state index >= 15 is 0 Å². The zero-order chi connectivity index (χ0) is 12.0. The van der Waals surface area contributed by atoms with Crippen molar-refractivity contribution < 1.29 is 19.0 Å². The minimum atomic E-state index is -0.312. The van der Waals surface area contributed by atoms with Crippen molar-refractivity contribution in [3.63, 3.8) is 0 Å². The highest BCUT2D eigenvalue weighted by molar-refractivity contribution is 5.66. The van der Waals surface area contributed by atoms with Gasteiger partial charge in [0, 0.05) is 6.92 Å². The minimum Gasteiger partial charge on any atom is -0.456 e. The van der Waals surface area contributed by atoms with Crippen molar-refractivity contribution in [2.24, 2.45) is 0 Å². The van der Waals surface area contributed by atoms with Gasteiger partial charge in [-0.05, 0) is 25.5 Å². The maximum atomic E-state index is 10.8. The first-order valence-electron chi connectivity index (χ1n) is 5.76. The predicted octanol–water partition coefficient (Wildman–Crippen LogP) is 2.04. The Morgan fingerprint density at radius 2 is 2.19 bits per heavy atom. The van der Waals surface area contributed by atoms with Crippen molar-refractivity contribution in [3.05, 3.63) is 12.2 Å². The Kier molecular flexibility index (Phi) is 5.49. The Bertz CT molecular complexity index is 249. The third-order valence-corrected chi connectivity index (χ3v) is 2.35. The zero-order valence-corrected chi connectivity index (χ0v) is 10.1. The second kappa shape index (κ2) is 6.66. The number of carbonyl (C=O) groups excluding carboxylic acids is 1. The maximum absolute atomic E-state index is 10.8. The molecule has 0 unspecified atom stereocenters. The van der Waals surface area contributed by atoms with Crippen LogP contribution in [0.1, 0.15) is 33.6 Å². The molecule has 0 spiro atoms. The predicted molar refractivity (Wildman–Crippen MR) is 59.9 cm³/mol. The second-order valence-corrected chi connectivity index (χ2v) is 3.89. The van der Waals surface area contributed by atoms with Gasteiger partial charge in [0.25, 0.3) is 0 Å². The lowest BCUT2D eigenvalue weighted by atomic mass is 10.1. The average molecular weight is 228 g/mol. The zero-order valence-electron chi connectivity index (χ0n) is 10.1. The van der Waals surface area contributed by atoms with Gasteiger partial charge in [-0.15, -0.1) is 0 Å². The summed E-state index contributed by atoms with van der Waals surface area (Å²) in [6, 6.07) is 0. The highest BCUT2D eigenvalue weighted by atomic mass is 16.7. The van der Waals surface area contributed by atoms with Gasteiger partial charge in [0.1, 0.15) is 6.10 Å². The summed E-state index contributed by atoms with van der Waals surface area (Å²) >= 11 is 0. The Morgan fingerprint density at radius 1 is 1.44 bits per heavy atom. The SMILES string of the molecule is CCCCO[C@@H]1C=C[C@@H](OC(C)=O)[C@H](C)O1. The Morgan fingerprint density at radius 3 is 2.75 bits per heavy atom. The number of unbranched alkanes of at least 4 members (excludes halogenated alkanes) is 1. The van der Waals surface area contributed by atoms with Gasteiger partial charge in [-0.25, -0.2) is 0 Å². The van der Waals surface area contributed by atoms with E-state index in [0.717, 1.165) is 12.8 Å². The molecule has 0 aromatic heterocycles. The molecule has 3 atom stereocenters. The molecule has 0 saturated carbocycles. The molecule has 4 heteroatoms. The lowest BCUT2D eigenvalue weighted by Crippen LogP contribution is -2.36. The largest absolute Gasteiger partial charge is 0.456 e. The van der Waals surface area contributed by atoms with Gasteiger partial charge in [0.05, 0.1) is 12.7 Å². The molecule has 0 aromatic rings. The van der Waals surface area contributed by atoms with E-state index in [4.69, 9.17) is 14.2 Å². The van der Waals surface area contributed by atoms with E-state index in [9.17, 15) is 4.79 Å². The Labute approximate surface area is 96.6 Å². The molecular formula is C12H20O4. The van der Waals surface area contributed by atoms with E-state index in [1.54, 1.807) is 6.08 Å². The first kappa shape index (κ1) is 13.2. The van der Waals surface area contributed by atoms with Crippen LogP contribution in [0.2, 0.25) is 0 Å². The summed E-state index contributed by atoms with van der Waals surface area (Å²) in [7, 11) is 0. The van der Waals surface area contributed by atoms with Gasteiger partial charge in [0.15, 0.2) is 6.29 Å². The monoisotopic (exact) mass is 228 g/mol. The maximum Gasteiger partial charge on any atom is 0.303 e. The van der Waals surface area contributed by atoms with E-state index in [0.29, 0.717) is 6.61 Å². The lowest BCUT2D eigenvalue weighted by Gasteiger charge is -2.29. The van der Waals surface area contributed by atoms with E-state index in [-0.39, 0.29) is 24.5 Å². The van der Waals surface area contributed by atoms with Crippen molar-refractivity contribution in [3.8, 4) is 0 Å². The van der Waals surface area contributed by atoms with Crippen molar-refractivity contribution in [2.75, 3.05) is 6.61 Å². The third kappa shape index (κ3) is 4.33. The fourth-order valence-electron chi connectivity index (χ4n) is 1.46. The highest BCUT2D eigenvalue weighted by Crippen LogP contribution is 2.16. The molecule has 1 rings (SSSR count). The quantitative estimate of drug-likeness (QED) is 0.410. The van der Waals surface area contributed by atoms with Crippen LogP contribution in [0.4, 0.5) is 0 Å². The second-order valence-electron chi connectivity index (χ2n) is 3.89. The molecular weight excluding hydrogens is 208 g/mol. The Balaban J connectivity index is 2.37. The van der Waals surface area contributed by atoms with Crippen LogP contribution in [0.25, 0.3) is 0 Å². The Hall–Kier alpha value is -0.870. The smallest absolute Gasteiger partial charge is 0.303 e. The van der Waals surface area contributed by atoms with Crippen LogP contribution in [-0.4, -0.2) is 31.1 Å².